The zero-order valence-corrected chi connectivity index (χ0v) is 10.3. The van der Waals surface area contributed by atoms with Crippen LogP contribution in [0.3, 0.4) is 0 Å². The number of aromatic nitrogens is 2. The Morgan fingerprint density at radius 3 is 3.00 bits per heavy atom. The predicted molar refractivity (Wildman–Crippen MR) is 68.5 cm³/mol. The number of H-pyrrole nitrogens is 1. The fourth-order valence-electron chi connectivity index (χ4n) is 1.46. The van der Waals surface area contributed by atoms with E-state index in [-0.39, 0.29) is 5.91 Å². The molecule has 0 saturated heterocycles. The number of amides is 1. The molecule has 96 valence electrons. The van der Waals surface area contributed by atoms with Gasteiger partial charge in [0.1, 0.15) is 11.8 Å². The van der Waals surface area contributed by atoms with Crippen molar-refractivity contribution in [1.29, 1.82) is 5.26 Å². The van der Waals surface area contributed by atoms with Gasteiger partial charge in [0.25, 0.3) is 5.91 Å². The maximum atomic E-state index is 11.8. The predicted octanol–water partition coefficient (Wildman–Crippen LogP) is 1.69. The second-order valence-electron chi connectivity index (χ2n) is 3.80. The summed E-state index contributed by atoms with van der Waals surface area (Å²) in [7, 11) is 0. The van der Waals surface area contributed by atoms with Crippen molar-refractivity contribution in [2.75, 3.05) is 5.32 Å². The standard InChI is InChI=1S/C13H12N4O2/c1-9(12(18)17-13-15-6-7-16-13)19-11-5-3-2-4-10(11)8-14/h2-7,9H,1H3,(H2,15,16,17,18). The number of ether oxygens (including phenoxy) is 1. The normalized spacial score (nSPS) is 11.4. The minimum absolute atomic E-state index is 0.345. The Morgan fingerprint density at radius 2 is 2.32 bits per heavy atom. The van der Waals surface area contributed by atoms with Gasteiger partial charge in [-0.3, -0.25) is 10.1 Å². The number of anilines is 1. The number of rotatable bonds is 4. The number of nitrogens with one attached hydrogen (secondary N) is 2. The molecule has 0 aliphatic carbocycles. The lowest BCUT2D eigenvalue weighted by Crippen LogP contribution is -2.30. The third-order valence-electron chi connectivity index (χ3n) is 2.42. The van der Waals surface area contributed by atoms with Gasteiger partial charge in [-0.15, -0.1) is 0 Å². The lowest BCUT2D eigenvalue weighted by Gasteiger charge is -2.14. The molecule has 0 fully saturated rings. The number of hydrogen-bond donors (Lipinski definition) is 2. The zero-order chi connectivity index (χ0) is 13.7. The van der Waals surface area contributed by atoms with Crippen LogP contribution in [0.25, 0.3) is 0 Å². The van der Waals surface area contributed by atoms with E-state index in [1.54, 1.807) is 37.4 Å². The van der Waals surface area contributed by atoms with E-state index in [1.165, 1.54) is 6.20 Å². The van der Waals surface area contributed by atoms with Gasteiger partial charge < -0.3 is 9.72 Å². The highest BCUT2D eigenvalue weighted by atomic mass is 16.5. The van der Waals surface area contributed by atoms with Crippen LogP contribution in [0, 0.1) is 11.3 Å². The maximum absolute atomic E-state index is 11.8. The number of imidazole rings is 1. The number of hydrogen-bond acceptors (Lipinski definition) is 4. The SMILES string of the molecule is CC(Oc1ccccc1C#N)C(=O)Nc1ncc[nH]1. The van der Waals surface area contributed by atoms with Crippen LogP contribution in [0.1, 0.15) is 12.5 Å². The van der Waals surface area contributed by atoms with Gasteiger partial charge in [0, 0.05) is 12.4 Å². The van der Waals surface area contributed by atoms with Crippen LogP contribution < -0.4 is 10.1 Å². The molecular formula is C13H12N4O2. The molecule has 2 aromatic rings. The van der Waals surface area contributed by atoms with Crippen molar-refractivity contribution in [1.82, 2.24) is 9.97 Å². The van der Waals surface area contributed by atoms with Gasteiger partial charge >= 0.3 is 0 Å². The molecule has 6 heteroatoms. The first-order valence-corrected chi connectivity index (χ1v) is 5.66. The lowest BCUT2D eigenvalue weighted by molar-refractivity contribution is -0.122. The Bertz CT molecular complexity index is 601. The molecular weight excluding hydrogens is 244 g/mol. The smallest absolute Gasteiger partial charge is 0.267 e. The van der Waals surface area contributed by atoms with Crippen LogP contribution >= 0.6 is 0 Å². The van der Waals surface area contributed by atoms with Crippen LogP contribution in [0.4, 0.5) is 5.95 Å². The number of carbonyl (C=O) groups excluding carboxylic acids is 1. The van der Waals surface area contributed by atoms with Crippen molar-refractivity contribution in [2.45, 2.75) is 13.0 Å². The number of benzene rings is 1. The van der Waals surface area contributed by atoms with E-state index in [4.69, 9.17) is 10.00 Å². The molecule has 1 aromatic heterocycles. The Hall–Kier alpha value is -2.81. The van der Waals surface area contributed by atoms with Crippen LogP contribution in [-0.4, -0.2) is 22.0 Å². The lowest BCUT2D eigenvalue weighted by atomic mass is 10.2. The second-order valence-corrected chi connectivity index (χ2v) is 3.80. The highest BCUT2D eigenvalue weighted by Gasteiger charge is 2.17. The zero-order valence-electron chi connectivity index (χ0n) is 10.3. The molecule has 0 saturated carbocycles. The van der Waals surface area contributed by atoms with Crippen LogP contribution in [-0.2, 0) is 4.79 Å². The summed E-state index contributed by atoms with van der Waals surface area (Å²) < 4.78 is 5.47. The van der Waals surface area contributed by atoms with Gasteiger partial charge in [-0.05, 0) is 19.1 Å². The van der Waals surface area contributed by atoms with E-state index in [9.17, 15) is 4.79 Å². The summed E-state index contributed by atoms with van der Waals surface area (Å²) in [6, 6.07) is 8.77. The first kappa shape index (κ1) is 12.6. The van der Waals surface area contributed by atoms with Crippen LogP contribution in [0.2, 0.25) is 0 Å². The van der Waals surface area contributed by atoms with Crippen molar-refractivity contribution >= 4 is 11.9 Å². The Balaban J connectivity index is 2.02. The van der Waals surface area contributed by atoms with Crippen molar-refractivity contribution in [3.63, 3.8) is 0 Å². The monoisotopic (exact) mass is 256 g/mol. The third-order valence-corrected chi connectivity index (χ3v) is 2.42. The minimum atomic E-state index is -0.736. The van der Waals surface area contributed by atoms with E-state index in [0.29, 0.717) is 17.3 Å². The van der Waals surface area contributed by atoms with E-state index in [0.717, 1.165) is 0 Å². The van der Waals surface area contributed by atoms with Gasteiger partial charge in [0.2, 0.25) is 5.95 Å². The third kappa shape index (κ3) is 3.10. The second kappa shape index (κ2) is 5.69. The number of nitrogens with zero attached hydrogens (tertiary/aromatic N) is 2. The summed E-state index contributed by atoms with van der Waals surface area (Å²) in [4.78, 5) is 18.5. The average molecular weight is 256 g/mol. The van der Waals surface area contributed by atoms with Gasteiger partial charge in [-0.1, -0.05) is 12.1 Å². The number of para-hydroxylation sites is 1. The summed E-state index contributed by atoms with van der Waals surface area (Å²) in [5.41, 5.74) is 0.389. The van der Waals surface area contributed by atoms with Crippen molar-refractivity contribution in [2.24, 2.45) is 0 Å². The average Bonchev–Trinajstić information content (AvgIpc) is 2.92. The first-order valence-electron chi connectivity index (χ1n) is 5.66. The largest absolute Gasteiger partial charge is 0.480 e. The molecule has 1 atom stereocenters. The minimum Gasteiger partial charge on any atom is -0.480 e. The fraction of sp³-hybridized carbons (Fsp3) is 0.154. The number of aromatic amines is 1. The molecule has 0 aliphatic rings. The molecule has 2 N–H and O–H groups in total. The molecule has 1 aromatic carbocycles. The van der Waals surface area contributed by atoms with Crippen molar-refractivity contribution in [3.05, 3.63) is 42.2 Å². The molecule has 6 nitrogen and oxygen atoms in total. The van der Waals surface area contributed by atoms with E-state index in [1.807, 2.05) is 6.07 Å². The van der Waals surface area contributed by atoms with Gasteiger partial charge in [0.15, 0.2) is 6.10 Å². The molecule has 1 heterocycles. The molecule has 0 aliphatic heterocycles. The number of carbonyl (C=O) groups is 1. The molecule has 19 heavy (non-hydrogen) atoms. The summed E-state index contributed by atoms with van der Waals surface area (Å²) in [5.74, 6) is 0.392. The fourth-order valence-corrected chi connectivity index (χ4v) is 1.46. The van der Waals surface area contributed by atoms with E-state index in [2.05, 4.69) is 15.3 Å². The highest BCUT2D eigenvalue weighted by Crippen LogP contribution is 2.18. The van der Waals surface area contributed by atoms with E-state index >= 15 is 0 Å². The summed E-state index contributed by atoms with van der Waals surface area (Å²) >= 11 is 0. The highest BCUT2D eigenvalue weighted by molar-refractivity contribution is 5.92. The molecule has 2 rings (SSSR count). The van der Waals surface area contributed by atoms with Crippen LogP contribution in [0.5, 0.6) is 5.75 Å². The summed E-state index contributed by atoms with van der Waals surface area (Å²) in [6.45, 7) is 1.60. The molecule has 0 spiro atoms. The first-order chi connectivity index (χ1) is 9.20. The Kier molecular flexibility index (Phi) is 3.78. The maximum Gasteiger partial charge on any atom is 0.267 e. The van der Waals surface area contributed by atoms with Crippen LogP contribution in [0.15, 0.2) is 36.7 Å². The molecule has 1 amide bonds. The Morgan fingerprint density at radius 1 is 1.53 bits per heavy atom. The topological polar surface area (TPSA) is 90.8 Å². The molecule has 1 unspecified atom stereocenters. The summed E-state index contributed by atoms with van der Waals surface area (Å²) in [5, 5.41) is 11.5. The molecule has 0 bridgehead atoms. The van der Waals surface area contributed by atoms with E-state index < -0.39 is 6.10 Å². The molecule has 0 radical (unpaired) electrons. The van der Waals surface area contributed by atoms with Gasteiger partial charge in [-0.25, -0.2) is 4.98 Å². The summed E-state index contributed by atoms with van der Waals surface area (Å²) in [6.07, 6.45) is 2.40. The van der Waals surface area contributed by atoms with Gasteiger partial charge in [-0.2, -0.15) is 5.26 Å². The number of nitriles is 1. The van der Waals surface area contributed by atoms with Crippen molar-refractivity contribution < 1.29 is 9.53 Å². The van der Waals surface area contributed by atoms with Gasteiger partial charge in [0.05, 0.1) is 5.56 Å². The van der Waals surface area contributed by atoms with Crippen molar-refractivity contribution in [3.8, 4) is 11.8 Å². The quantitative estimate of drug-likeness (QED) is 0.870. The Labute approximate surface area is 110 Å².